The summed E-state index contributed by atoms with van der Waals surface area (Å²) in [6.45, 7) is 2.69. The molecule has 0 atom stereocenters. The molecule has 0 radical (unpaired) electrons. The molecule has 18 heavy (non-hydrogen) atoms. The number of benzene rings is 1. The lowest BCUT2D eigenvalue weighted by Gasteiger charge is -2.01. The van der Waals surface area contributed by atoms with Gasteiger partial charge in [-0.15, -0.1) is 16.9 Å². The number of nitrogens with zero attached hydrogens (tertiary/aromatic N) is 3. The minimum Gasteiger partial charge on any atom is -0.476 e. The van der Waals surface area contributed by atoms with Crippen LogP contribution in [0, 0.1) is 6.92 Å². The fourth-order valence-electron chi connectivity index (χ4n) is 1.40. The Bertz CT molecular complexity index is 537. The number of carboxylic acid groups (broad SMARTS) is 1. The summed E-state index contributed by atoms with van der Waals surface area (Å²) in [5, 5.41) is 16.0. The van der Waals surface area contributed by atoms with Crippen LogP contribution in [0.25, 0.3) is 0 Å². The molecule has 1 aromatic carbocycles. The van der Waals surface area contributed by atoms with Crippen molar-refractivity contribution in [3.63, 3.8) is 0 Å². The zero-order valence-corrected chi connectivity index (χ0v) is 10.7. The lowest BCUT2D eigenvalue weighted by atomic mass is 10.2. The number of aryl methyl sites for hydroxylation is 2. The van der Waals surface area contributed by atoms with Crippen molar-refractivity contribution in [3.05, 3.63) is 41.7 Å². The largest absolute Gasteiger partial charge is 0.476 e. The summed E-state index contributed by atoms with van der Waals surface area (Å²) >= 11 is 1.71. The molecule has 94 valence electrons. The molecule has 1 heterocycles. The highest BCUT2D eigenvalue weighted by Gasteiger charge is 2.07. The van der Waals surface area contributed by atoms with Gasteiger partial charge in [-0.2, -0.15) is 0 Å². The van der Waals surface area contributed by atoms with Crippen molar-refractivity contribution in [1.29, 1.82) is 0 Å². The second-order valence-corrected chi connectivity index (χ2v) is 5.00. The predicted molar refractivity (Wildman–Crippen MR) is 68.9 cm³/mol. The first-order valence-corrected chi connectivity index (χ1v) is 6.46. The van der Waals surface area contributed by atoms with E-state index in [4.69, 9.17) is 5.11 Å². The van der Waals surface area contributed by atoms with Gasteiger partial charge in [0.1, 0.15) is 0 Å². The first-order chi connectivity index (χ1) is 8.65. The molecule has 0 aliphatic heterocycles. The molecule has 0 spiro atoms. The number of thioether (sulfide) groups is 1. The van der Waals surface area contributed by atoms with Crippen LogP contribution in [0.1, 0.15) is 16.1 Å². The monoisotopic (exact) mass is 263 g/mol. The van der Waals surface area contributed by atoms with Crippen LogP contribution in [-0.4, -0.2) is 31.8 Å². The average molecular weight is 263 g/mol. The van der Waals surface area contributed by atoms with Gasteiger partial charge < -0.3 is 5.11 Å². The number of carboxylic acids is 1. The summed E-state index contributed by atoms with van der Waals surface area (Å²) in [6.07, 6.45) is 1.44. The second kappa shape index (κ2) is 5.68. The smallest absolute Gasteiger partial charge is 0.358 e. The Morgan fingerprint density at radius 2 is 2.11 bits per heavy atom. The van der Waals surface area contributed by atoms with Gasteiger partial charge in [0.15, 0.2) is 5.69 Å². The molecule has 2 rings (SSSR count). The van der Waals surface area contributed by atoms with E-state index in [1.54, 1.807) is 16.4 Å². The van der Waals surface area contributed by atoms with Crippen LogP contribution in [0.3, 0.4) is 0 Å². The van der Waals surface area contributed by atoms with Gasteiger partial charge in [0, 0.05) is 10.6 Å². The maximum Gasteiger partial charge on any atom is 0.358 e. The van der Waals surface area contributed by atoms with E-state index < -0.39 is 5.97 Å². The second-order valence-electron chi connectivity index (χ2n) is 3.83. The molecule has 2 aromatic rings. The zero-order valence-electron chi connectivity index (χ0n) is 9.91. The fraction of sp³-hybridized carbons (Fsp3) is 0.250. The van der Waals surface area contributed by atoms with Crippen LogP contribution in [0.5, 0.6) is 0 Å². The third-order valence-electron chi connectivity index (χ3n) is 2.37. The quantitative estimate of drug-likeness (QED) is 0.836. The predicted octanol–water partition coefficient (Wildman–Crippen LogP) is 2.08. The van der Waals surface area contributed by atoms with Gasteiger partial charge in [-0.1, -0.05) is 22.9 Å². The number of carbonyl (C=O) groups is 1. The van der Waals surface area contributed by atoms with Gasteiger partial charge in [0.05, 0.1) is 12.7 Å². The molecule has 5 nitrogen and oxygen atoms in total. The van der Waals surface area contributed by atoms with Crippen LogP contribution in [0.2, 0.25) is 0 Å². The zero-order chi connectivity index (χ0) is 13.0. The maximum atomic E-state index is 10.6. The highest BCUT2D eigenvalue weighted by atomic mass is 32.2. The van der Waals surface area contributed by atoms with Gasteiger partial charge in [-0.25, -0.2) is 4.79 Å². The first kappa shape index (κ1) is 12.6. The SMILES string of the molecule is Cc1ccc(SCCn2cc(C(=O)O)nn2)cc1. The van der Waals surface area contributed by atoms with E-state index in [1.807, 2.05) is 0 Å². The number of hydrogen-bond acceptors (Lipinski definition) is 4. The number of aromatic nitrogens is 3. The van der Waals surface area contributed by atoms with E-state index in [9.17, 15) is 4.79 Å². The normalized spacial score (nSPS) is 10.5. The molecule has 1 N–H and O–H groups in total. The minimum absolute atomic E-state index is 0.0182. The van der Waals surface area contributed by atoms with Crippen LogP contribution in [0.15, 0.2) is 35.4 Å². The van der Waals surface area contributed by atoms with E-state index >= 15 is 0 Å². The Morgan fingerprint density at radius 3 is 2.72 bits per heavy atom. The van der Waals surface area contributed by atoms with E-state index in [-0.39, 0.29) is 5.69 Å². The van der Waals surface area contributed by atoms with Crippen molar-refractivity contribution >= 4 is 17.7 Å². The molecule has 0 saturated heterocycles. The van der Waals surface area contributed by atoms with Gasteiger partial charge in [0.2, 0.25) is 0 Å². The third kappa shape index (κ3) is 3.33. The summed E-state index contributed by atoms with van der Waals surface area (Å²) in [5.74, 6) is -0.224. The Labute approximate surface area is 109 Å². The van der Waals surface area contributed by atoms with Gasteiger partial charge in [-0.3, -0.25) is 4.68 Å². The van der Waals surface area contributed by atoms with E-state index in [0.717, 1.165) is 5.75 Å². The van der Waals surface area contributed by atoms with Gasteiger partial charge in [0.25, 0.3) is 0 Å². The molecule has 0 aliphatic rings. The molecule has 0 unspecified atom stereocenters. The topological polar surface area (TPSA) is 68.0 Å². The Kier molecular flexibility index (Phi) is 3.99. The Hall–Kier alpha value is -1.82. The summed E-state index contributed by atoms with van der Waals surface area (Å²) in [5.41, 5.74) is 1.22. The fourth-order valence-corrected chi connectivity index (χ4v) is 2.24. The molecule has 0 amide bonds. The summed E-state index contributed by atoms with van der Waals surface area (Å²) in [6, 6.07) is 8.29. The highest BCUT2D eigenvalue weighted by Crippen LogP contribution is 2.18. The summed E-state index contributed by atoms with van der Waals surface area (Å²) in [7, 11) is 0. The summed E-state index contributed by atoms with van der Waals surface area (Å²) in [4.78, 5) is 11.8. The Morgan fingerprint density at radius 1 is 1.39 bits per heavy atom. The van der Waals surface area contributed by atoms with Crippen molar-refractivity contribution in [2.45, 2.75) is 18.4 Å². The number of hydrogen-bond donors (Lipinski definition) is 1. The maximum absolute atomic E-state index is 10.6. The minimum atomic E-state index is -1.05. The van der Waals surface area contributed by atoms with Crippen LogP contribution < -0.4 is 0 Å². The van der Waals surface area contributed by atoms with Crippen molar-refractivity contribution in [2.75, 3.05) is 5.75 Å². The summed E-state index contributed by atoms with van der Waals surface area (Å²) < 4.78 is 1.55. The highest BCUT2D eigenvalue weighted by molar-refractivity contribution is 7.99. The molecule has 1 aromatic heterocycles. The van der Waals surface area contributed by atoms with Crippen LogP contribution in [-0.2, 0) is 6.54 Å². The van der Waals surface area contributed by atoms with E-state index in [0.29, 0.717) is 6.54 Å². The lowest BCUT2D eigenvalue weighted by molar-refractivity contribution is 0.0690. The van der Waals surface area contributed by atoms with Crippen LogP contribution >= 0.6 is 11.8 Å². The van der Waals surface area contributed by atoms with Crippen LogP contribution in [0.4, 0.5) is 0 Å². The van der Waals surface area contributed by atoms with Crippen molar-refractivity contribution in [1.82, 2.24) is 15.0 Å². The molecule has 0 fully saturated rings. The molecule has 0 bridgehead atoms. The molecular formula is C12H13N3O2S. The van der Waals surface area contributed by atoms with Crippen molar-refractivity contribution in [3.8, 4) is 0 Å². The first-order valence-electron chi connectivity index (χ1n) is 5.48. The van der Waals surface area contributed by atoms with Crippen molar-refractivity contribution in [2.24, 2.45) is 0 Å². The standard InChI is InChI=1S/C12H13N3O2S/c1-9-2-4-10(5-3-9)18-7-6-15-8-11(12(16)17)13-14-15/h2-5,8H,6-7H2,1H3,(H,16,17). The molecule has 0 saturated carbocycles. The third-order valence-corrected chi connectivity index (χ3v) is 3.36. The van der Waals surface area contributed by atoms with Gasteiger partial charge >= 0.3 is 5.97 Å². The lowest BCUT2D eigenvalue weighted by Crippen LogP contribution is -2.01. The van der Waals surface area contributed by atoms with Crippen molar-refractivity contribution < 1.29 is 9.90 Å². The molecule has 0 aliphatic carbocycles. The average Bonchev–Trinajstić information content (AvgIpc) is 2.81. The number of aromatic carboxylic acids is 1. The molecular weight excluding hydrogens is 250 g/mol. The Balaban J connectivity index is 1.84. The van der Waals surface area contributed by atoms with E-state index in [2.05, 4.69) is 41.5 Å². The van der Waals surface area contributed by atoms with Gasteiger partial charge in [-0.05, 0) is 19.1 Å². The number of rotatable bonds is 5. The van der Waals surface area contributed by atoms with E-state index in [1.165, 1.54) is 16.7 Å². The molecule has 6 heteroatoms.